The highest BCUT2D eigenvalue weighted by molar-refractivity contribution is 7.89. The van der Waals surface area contributed by atoms with Crippen LogP contribution in [0.4, 0.5) is 4.39 Å². The summed E-state index contributed by atoms with van der Waals surface area (Å²) in [4.78, 5) is 0.0295. The molecule has 1 aromatic carbocycles. The summed E-state index contributed by atoms with van der Waals surface area (Å²) in [6, 6.07) is 3.71. The summed E-state index contributed by atoms with van der Waals surface area (Å²) < 4.78 is 40.1. The van der Waals surface area contributed by atoms with Crippen LogP contribution in [0, 0.1) is 11.7 Å². The zero-order valence-corrected chi connectivity index (χ0v) is 13.5. The van der Waals surface area contributed by atoms with E-state index in [1.807, 2.05) is 20.8 Å². The van der Waals surface area contributed by atoms with E-state index in [9.17, 15) is 12.8 Å². The molecule has 0 saturated heterocycles. The molecule has 0 amide bonds. The van der Waals surface area contributed by atoms with Crippen molar-refractivity contribution in [3.63, 3.8) is 0 Å². The first-order valence-corrected chi connectivity index (χ1v) is 8.07. The Hall–Kier alpha value is -0.980. The van der Waals surface area contributed by atoms with Crippen LogP contribution in [0.1, 0.15) is 26.3 Å². The van der Waals surface area contributed by atoms with E-state index in [0.29, 0.717) is 12.1 Å². The maximum Gasteiger partial charge on any atom is 0.243 e. The van der Waals surface area contributed by atoms with Crippen LogP contribution in [-0.2, 0) is 16.6 Å². The van der Waals surface area contributed by atoms with Crippen molar-refractivity contribution in [2.24, 2.45) is 5.92 Å². The summed E-state index contributed by atoms with van der Waals surface area (Å²) in [5, 5.41) is 2.90. The zero-order valence-electron chi connectivity index (χ0n) is 12.6. The number of hydrogen-bond acceptors (Lipinski definition) is 3. The van der Waals surface area contributed by atoms with Gasteiger partial charge in [-0.25, -0.2) is 12.8 Å². The number of rotatable bonds is 6. The normalized spacial score (nSPS) is 14.0. The van der Waals surface area contributed by atoms with Crippen LogP contribution in [0.15, 0.2) is 23.1 Å². The molecule has 0 saturated carbocycles. The van der Waals surface area contributed by atoms with Gasteiger partial charge < -0.3 is 5.32 Å². The fourth-order valence-corrected chi connectivity index (χ4v) is 3.62. The lowest BCUT2D eigenvalue weighted by molar-refractivity contribution is 0.315. The van der Waals surface area contributed by atoms with Crippen LogP contribution >= 0.6 is 0 Å². The van der Waals surface area contributed by atoms with Gasteiger partial charge in [0, 0.05) is 19.6 Å². The lowest BCUT2D eigenvalue weighted by Gasteiger charge is -2.28. The van der Waals surface area contributed by atoms with Crippen molar-refractivity contribution in [3.8, 4) is 0 Å². The van der Waals surface area contributed by atoms with Crippen LogP contribution in [-0.4, -0.2) is 32.9 Å². The molecule has 20 heavy (non-hydrogen) atoms. The van der Waals surface area contributed by atoms with E-state index < -0.39 is 15.8 Å². The Morgan fingerprint density at radius 2 is 1.90 bits per heavy atom. The van der Waals surface area contributed by atoms with Crippen LogP contribution in [0.25, 0.3) is 0 Å². The van der Waals surface area contributed by atoms with Gasteiger partial charge in [-0.05, 0) is 37.6 Å². The summed E-state index contributed by atoms with van der Waals surface area (Å²) in [6.45, 7) is 6.13. The highest BCUT2D eigenvalue weighted by Crippen LogP contribution is 2.24. The molecule has 6 heteroatoms. The molecular formula is C14H23FN2O2S. The van der Waals surface area contributed by atoms with Gasteiger partial charge in [-0.2, -0.15) is 4.31 Å². The van der Waals surface area contributed by atoms with Gasteiger partial charge in [0.1, 0.15) is 5.82 Å². The van der Waals surface area contributed by atoms with Gasteiger partial charge in [0.2, 0.25) is 10.0 Å². The van der Waals surface area contributed by atoms with E-state index >= 15 is 0 Å². The van der Waals surface area contributed by atoms with Crippen molar-refractivity contribution < 1.29 is 12.8 Å². The van der Waals surface area contributed by atoms with Crippen LogP contribution in [0.5, 0.6) is 0 Å². The molecule has 1 unspecified atom stereocenters. The highest BCUT2D eigenvalue weighted by Gasteiger charge is 2.29. The Bertz CT molecular complexity index is 558. The van der Waals surface area contributed by atoms with Crippen molar-refractivity contribution in [1.29, 1.82) is 0 Å². The number of hydrogen-bond donors (Lipinski definition) is 1. The predicted octanol–water partition coefficient (Wildman–Crippen LogP) is 2.21. The van der Waals surface area contributed by atoms with Crippen molar-refractivity contribution >= 4 is 10.0 Å². The molecule has 0 aliphatic carbocycles. The number of sulfonamides is 1. The maximum atomic E-state index is 13.4. The zero-order chi connectivity index (χ0) is 15.5. The van der Waals surface area contributed by atoms with Gasteiger partial charge in [0.05, 0.1) is 4.90 Å². The Morgan fingerprint density at radius 1 is 1.30 bits per heavy atom. The van der Waals surface area contributed by atoms with Gasteiger partial charge in [0.25, 0.3) is 0 Å². The lowest BCUT2D eigenvalue weighted by Crippen LogP contribution is -2.38. The van der Waals surface area contributed by atoms with E-state index in [1.165, 1.54) is 23.5 Å². The third-order valence-electron chi connectivity index (χ3n) is 3.59. The summed E-state index contributed by atoms with van der Waals surface area (Å²) in [5.41, 5.74) is 0.566. The number of benzene rings is 1. The average Bonchev–Trinajstić information content (AvgIpc) is 2.39. The highest BCUT2D eigenvalue weighted by atomic mass is 32.2. The van der Waals surface area contributed by atoms with Crippen molar-refractivity contribution in [2.45, 2.75) is 38.3 Å². The first-order valence-electron chi connectivity index (χ1n) is 6.62. The first kappa shape index (κ1) is 17.1. The summed E-state index contributed by atoms with van der Waals surface area (Å²) in [6.07, 6.45) is 0. The molecule has 0 heterocycles. The summed E-state index contributed by atoms with van der Waals surface area (Å²) in [5.74, 6) is -0.370. The molecule has 114 valence electrons. The molecular weight excluding hydrogens is 279 g/mol. The molecule has 1 aromatic rings. The molecule has 0 bridgehead atoms. The molecule has 1 rings (SSSR count). The van der Waals surface area contributed by atoms with Gasteiger partial charge in [0.15, 0.2) is 0 Å². The second-order valence-corrected chi connectivity index (χ2v) is 7.25. The minimum atomic E-state index is -3.71. The van der Waals surface area contributed by atoms with Crippen LogP contribution in [0.2, 0.25) is 0 Å². The molecule has 0 radical (unpaired) electrons. The number of halogens is 1. The Labute approximate surface area is 121 Å². The lowest BCUT2D eigenvalue weighted by atomic mass is 10.1. The quantitative estimate of drug-likeness (QED) is 0.876. The summed E-state index contributed by atoms with van der Waals surface area (Å²) in [7, 11) is -0.447. The summed E-state index contributed by atoms with van der Waals surface area (Å²) >= 11 is 0. The Morgan fingerprint density at radius 3 is 2.40 bits per heavy atom. The largest absolute Gasteiger partial charge is 0.316 e. The average molecular weight is 302 g/mol. The second kappa shape index (κ2) is 6.65. The van der Waals surface area contributed by atoms with Gasteiger partial charge in [-0.15, -0.1) is 0 Å². The standard InChI is InChI=1S/C14H23FN2O2S/c1-10(2)11(3)17(5)20(18,19)14-8-13(15)7-6-12(14)9-16-4/h6-8,10-11,16H,9H2,1-5H3. The monoisotopic (exact) mass is 302 g/mol. The third-order valence-corrected chi connectivity index (χ3v) is 5.62. The van der Waals surface area contributed by atoms with E-state index in [1.54, 1.807) is 7.05 Å². The molecule has 0 aliphatic rings. The predicted molar refractivity (Wildman–Crippen MR) is 78.4 cm³/mol. The van der Waals surface area contributed by atoms with E-state index in [-0.39, 0.29) is 16.9 Å². The minimum absolute atomic E-state index is 0.0295. The van der Waals surface area contributed by atoms with E-state index in [0.717, 1.165) is 6.07 Å². The van der Waals surface area contributed by atoms with Crippen LogP contribution in [0.3, 0.4) is 0 Å². The van der Waals surface area contributed by atoms with Crippen molar-refractivity contribution in [1.82, 2.24) is 9.62 Å². The smallest absolute Gasteiger partial charge is 0.243 e. The van der Waals surface area contributed by atoms with Gasteiger partial charge in [-0.3, -0.25) is 0 Å². The van der Waals surface area contributed by atoms with Crippen molar-refractivity contribution in [3.05, 3.63) is 29.6 Å². The SMILES string of the molecule is CNCc1ccc(F)cc1S(=O)(=O)N(C)C(C)C(C)C. The molecule has 0 aromatic heterocycles. The molecule has 0 fully saturated rings. The Balaban J connectivity index is 3.30. The van der Waals surface area contributed by atoms with E-state index in [4.69, 9.17) is 0 Å². The molecule has 0 spiro atoms. The number of nitrogens with zero attached hydrogens (tertiary/aromatic N) is 1. The molecule has 1 N–H and O–H groups in total. The van der Waals surface area contributed by atoms with Crippen molar-refractivity contribution in [2.75, 3.05) is 14.1 Å². The third kappa shape index (κ3) is 3.56. The fraction of sp³-hybridized carbons (Fsp3) is 0.571. The van der Waals surface area contributed by atoms with E-state index in [2.05, 4.69) is 5.32 Å². The second-order valence-electron chi connectivity index (χ2n) is 5.29. The van der Waals surface area contributed by atoms with Gasteiger partial charge in [-0.1, -0.05) is 19.9 Å². The first-order chi connectivity index (χ1) is 9.21. The number of nitrogens with one attached hydrogen (secondary N) is 1. The minimum Gasteiger partial charge on any atom is -0.316 e. The topological polar surface area (TPSA) is 49.4 Å². The molecule has 0 aliphatic heterocycles. The van der Waals surface area contributed by atoms with Gasteiger partial charge >= 0.3 is 0 Å². The maximum absolute atomic E-state index is 13.4. The molecule has 1 atom stereocenters. The van der Waals surface area contributed by atoms with Crippen LogP contribution < -0.4 is 5.32 Å². The Kier molecular flexibility index (Phi) is 5.68. The fourth-order valence-electron chi connectivity index (χ4n) is 1.90. The molecule has 4 nitrogen and oxygen atoms in total.